The third-order valence-electron chi connectivity index (χ3n) is 3.40. The molecule has 25 heavy (non-hydrogen) atoms. The van der Waals surface area contributed by atoms with Crippen LogP contribution >= 0.6 is 22.7 Å². The Morgan fingerprint density at radius 1 is 1.28 bits per heavy atom. The lowest BCUT2D eigenvalue weighted by atomic mass is 10.1. The molecule has 0 aliphatic carbocycles. The maximum absolute atomic E-state index is 12.1. The minimum absolute atomic E-state index is 0.0304. The van der Waals surface area contributed by atoms with Crippen molar-refractivity contribution in [2.45, 2.75) is 13.5 Å². The van der Waals surface area contributed by atoms with Crippen molar-refractivity contribution in [3.63, 3.8) is 0 Å². The van der Waals surface area contributed by atoms with Crippen molar-refractivity contribution in [1.82, 2.24) is 4.98 Å². The number of thiophene rings is 1. The van der Waals surface area contributed by atoms with Crippen molar-refractivity contribution in [3.05, 3.63) is 68.9 Å². The first-order chi connectivity index (χ1) is 12.2. The van der Waals surface area contributed by atoms with Gasteiger partial charge in [-0.2, -0.15) is 16.6 Å². The van der Waals surface area contributed by atoms with E-state index in [0.717, 1.165) is 21.7 Å². The first kappa shape index (κ1) is 17.1. The van der Waals surface area contributed by atoms with Crippen LogP contribution in [0.4, 0.5) is 0 Å². The van der Waals surface area contributed by atoms with E-state index in [1.54, 1.807) is 11.3 Å². The molecule has 6 heteroatoms. The third kappa shape index (κ3) is 4.41. The highest BCUT2D eigenvalue weighted by atomic mass is 32.1. The van der Waals surface area contributed by atoms with Gasteiger partial charge >= 0.3 is 5.97 Å². The highest BCUT2D eigenvalue weighted by molar-refractivity contribution is 7.14. The van der Waals surface area contributed by atoms with E-state index in [2.05, 4.69) is 4.98 Å². The molecule has 0 saturated carbocycles. The first-order valence-corrected chi connectivity index (χ1v) is 9.30. The number of hydrogen-bond donors (Lipinski definition) is 0. The molecule has 3 aromatic rings. The largest absolute Gasteiger partial charge is 0.455 e. The monoisotopic (exact) mass is 366 g/mol. The van der Waals surface area contributed by atoms with Crippen molar-refractivity contribution in [2.24, 2.45) is 0 Å². The highest BCUT2D eigenvalue weighted by Gasteiger charge is 2.13. The minimum Gasteiger partial charge on any atom is -0.455 e. The fraction of sp³-hybridized carbons (Fsp3) is 0.105. The molecule has 2 aromatic heterocycles. The highest BCUT2D eigenvalue weighted by Crippen LogP contribution is 2.26. The third-order valence-corrected chi connectivity index (χ3v) is 5.02. The van der Waals surface area contributed by atoms with Crippen molar-refractivity contribution in [2.75, 3.05) is 0 Å². The molecule has 1 aromatic carbocycles. The Labute approximate surface area is 153 Å². The van der Waals surface area contributed by atoms with Gasteiger partial charge in [-0.3, -0.25) is 0 Å². The number of aryl methyl sites for hydroxylation is 1. The quantitative estimate of drug-likeness (QED) is 0.368. The number of hydrogen-bond acceptors (Lipinski definition) is 6. The van der Waals surface area contributed by atoms with Gasteiger partial charge in [0.05, 0.1) is 5.69 Å². The molecule has 0 fully saturated rings. The smallest absolute Gasteiger partial charge is 0.349 e. The number of nitriles is 1. The molecular weight excluding hydrogens is 352 g/mol. The molecule has 0 spiro atoms. The molecular formula is C19H14N2O2S2. The second-order valence-electron chi connectivity index (χ2n) is 5.31. The lowest BCUT2D eigenvalue weighted by molar-refractivity contribution is -0.139. The van der Waals surface area contributed by atoms with E-state index in [0.29, 0.717) is 5.69 Å². The summed E-state index contributed by atoms with van der Waals surface area (Å²) in [4.78, 5) is 16.6. The molecule has 0 aliphatic heterocycles. The Bertz CT molecular complexity index is 933. The maximum Gasteiger partial charge on any atom is 0.349 e. The van der Waals surface area contributed by atoms with Crippen molar-refractivity contribution >= 4 is 34.7 Å². The van der Waals surface area contributed by atoms with Gasteiger partial charge in [0.15, 0.2) is 0 Å². The van der Waals surface area contributed by atoms with Crippen LogP contribution in [0.25, 0.3) is 16.6 Å². The standard InChI is InChI=1S/C19H14N2O2S2/c1-13-2-4-14(5-3-13)8-16(9-20)19(22)23-10-17-12-25-18(21-17)15-6-7-24-11-15/h2-8,11-12H,10H2,1H3/b16-8+. The topological polar surface area (TPSA) is 63.0 Å². The summed E-state index contributed by atoms with van der Waals surface area (Å²) in [6.07, 6.45) is 1.53. The predicted octanol–water partition coefficient (Wildman–Crippen LogP) is 4.83. The van der Waals surface area contributed by atoms with Crippen LogP contribution in [0, 0.1) is 18.3 Å². The van der Waals surface area contributed by atoms with Gasteiger partial charge in [0.2, 0.25) is 0 Å². The van der Waals surface area contributed by atoms with Crippen molar-refractivity contribution in [3.8, 4) is 16.6 Å². The molecule has 0 atom stereocenters. The zero-order valence-electron chi connectivity index (χ0n) is 13.4. The molecule has 0 N–H and O–H groups in total. The number of carbonyl (C=O) groups excluding carboxylic acids is 1. The van der Waals surface area contributed by atoms with Crippen LogP contribution in [0.2, 0.25) is 0 Å². The van der Waals surface area contributed by atoms with Gasteiger partial charge in [0.25, 0.3) is 0 Å². The maximum atomic E-state index is 12.1. The number of aromatic nitrogens is 1. The normalized spacial score (nSPS) is 11.1. The van der Waals surface area contributed by atoms with Crippen LogP contribution in [0.5, 0.6) is 0 Å². The van der Waals surface area contributed by atoms with Crippen molar-refractivity contribution < 1.29 is 9.53 Å². The van der Waals surface area contributed by atoms with Crippen LogP contribution < -0.4 is 0 Å². The summed E-state index contributed by atoms with van der Waals surface area (Å²) in [5.74, 6) is -0.645. The molecule has 0 unspecified atom stereocenters. The van der Waals surface area contributed by atoms with Gasteiger partial charge in [-0.05, 0) is 30.0 Å². The van der Waals surface area contributed by atoms with Crippen LogP contribution in [0.3, 0.4) is 0 Å². The summed E-state index contributed by atoms with van der Waals surface area (Å²) in [7, 11) is 0. The number of carbonyl (C=O) groups is 1. The number of rotatable bonds is 5. The van der Waals surface area contributed by atoms with E-state index in [-0.39, 0.29) is 12.2 Å². The first-order valence-electron chi connectivity index (χ1n) is 7.48. The van der Waals surface area contributed by atoms with Gasteiger partial charge in [-0.15, -0.1) is 11.3 Å². The Morgan fingerprint density at radius 3 is 2.76 bits per heavy atom. The van der Waals surface area contributed by atoms with E-state index in [1.807, 2.05) is 59.5 Å². The molecule has 0 aliphatic rings. The number of thiazole rings is 1. The van der Waals surface area contributed by atoms with Crippen LogP contribution in [-0.2, 0) is 16.1 Å². The average Bonchev–Trinajstić information content (AvgIpc) is 3.30. The van der Waals surface area contributed by atoms with Gasteiger partial charge in [0.1, 0.15) is 23.3 Å². The molecule has 124 valence electrons. The Morgan fingerprint density at radius 2 is 2.08 bits per heavy atom. The van der Waals surface area contributed by atoms with Crippen LogP contribution in [-0.4, -0.2) is 11.0 Å². The number of ether oxygens (including phenoxy) is 1. The Balaban J connectivity index is 1.65. The summed E-state index contributed by atoms with van der Waals surface area (Å²) >= 11 is 3.11. The second kappa shape index (κ2) is 7.88. The van der Waals surface area contributed by atoms with E-state index in [1.165, 1.54) is 17.4 Å². The number of esters is 1. The van der Waals surface area contributed by atoms with Crippen LogP contribution in [0.15, 0.2) is 52.0 Å². The zero-order valence-corrected chi connectivity index (χ0v) is 15.1. The molecule has 2 heterocycles. The molecule has 3 rings (SSSR count). The number of nitrogens with zero attached hydrogens (tertiary/aromatic N) is 2. The minimum atomic E-state index is -0.645. The fourth-order valence-electron chi connectivity index (χ4n) is 2.08. The SMILES string of the molecule is Cc1ccc(/C=C(\C#N)C(=O)OCc2csc(-c3ccsc3)n2)cc1. The summed E-state index contributed by atoms with van der Waals surface area (Å²) < 4.78 is 5.22. The van der Waals surface area contributed by atoms with Crippen molar-refractivity contribution in [1.29, 1.82) is 5.26 Å². The average molecular weight is 366 g/mol. The van der Waals surface area contributed by atoms with Gasteiger partial charge in [-0.1, -0.05) is 29.8 Å². The van der Waals surface area contributed by atoms with Crippen LogP contribution in [0.1, 0.15) is 16.8 Å². The number of benzene rings is 1. The summed E-state index contributed by atoms with van der Waals surface area (Å²) in [6, 6.07) is 11.5. The van der Waals surface area contributed by atoms with Gasteiger partial charge < -0.3 is 4.74 Å². The second-order valence-corrected chi connectivity index (χ2v) is 6.95. The summed E-state index contributed by atoms with van der Waals surface area (Å²) in [5, 5.41) is 16.0. The molecule has 4 nitrogen and oxygen atoms in total. The lowest BCUT2D eigenvalue weighted by Crippen LogP contribution is -2.07. The predicted molar refractivity (Wildman–Crippen MR) is 100.0 cm³/mol. The van der Waals surface area contributed by atoms with E-state index < -0.39 is 5.97 Å². The molecule has 0 saturated heterocycles. The molecule has 0 amide bonds. The van der Waals surface area contributed by atoms with Gasteiger partial charge in [0, 0.05) is 16.3 Å². The van der Waals surface area contributed by atoms with E-state index >= 15 is 0 Å². The Hall–Kier alpha value is -2.75. The zero-order chi connectivity index (χ0) is 17.6. The lowest BCUT2D eigenvalue weighted by Gasteiger charge is -2.02. The molecule has 0 bridgehead atoms. The van der Waals surface area contributed by atoms with Gasteiger partial charge in [-0.25, -0.2) is 9.78 Å². The van der Waals surface area contributed by atoms with E-state index in [9.17, 15) is 10.1 Å². The Kier molecular flexibility index (Phi) is 5.39. The molecule has 0 radical (unpaired) electrons. The van der Waals surface area contributed by atoms with E-state index in [4.69, 9.17) is 4.74 Å². The summed E-state index contributed by atoms with van der Waals surface area (Å²) in [5.41, 5.74) is 3.60. The fourth-order valence-corrected chi connectivity index (χ4v) is 3.59. The summed E-state index contributed by atoms with van der Waals surface area (Å²) in [6.45, 7) is 2.03.